The van der Waals surface area contributed by atoms with Crippen LogP contribution in [0.2, 0.25) is 0 Å². The Labute approximate surface area is 79.5 Å². The summed E-state index contributed by atoms with van der Waals surface area (Å²) < 4.78 is 10.00. The topological polar surface area (TPSA) is 76.0 Å². The molecule has 1 aliphatic rings. The number of phenols is 1. The third kappa shape index (κ3) is 1.44. The molecule has 0 spiro atoms. The largest absolute Gasteiger partial charge is 0.504 e. The molecule has 2 rings (SSSR count). The standard InChI is InChI=1S/C9H8O5/c10-6-1-5(3-8(11)12)2-7-9(6)14-4-13-7/h1-2,10H,3-4H2,(H,11,12). The Morgan fingerprint density at radius 2 is 2.21 bits per heavy atom. The first-order chi connectivity index (χ1) is 6.66. The molecule has 0 aliphatic carbocycles. The van der Waals surface area contributed by atoms with E-state index in [0.29, 0.717) is 11.3 Å². The molecule has 74 valence electrons. The van der Waals surface area contributed by atoms with E-state index in [1.165, 1.54) is 6.07 Å². The number of fused-ring (bicyclic) bond motifs is 1. The molecule has 0 unspecified atom stereocenters. The first-order valence-corrected chi connectivity index (χ1v) is 4.00. The highest BCUT2D eigenvalue weighted by molar-refractivity contribution is 5.71. The van der Waals surface area contributed by atoms with Crippen molar-refractivity contribution in [2.24, 2.45) is 0 Å². The van der Waals surface area contributed by atoms with E-state index in [1.807, 2.05) is 0 Å². The Kier molecular flexibility index (Phi) is 1.92. The first kappa shape index (κ1) is 8.68. The SMILES string of the molecule is O=C(O)Cc1cc(O)c2c(c1)OCO2. The minimum absolute atomic E-state index is 0.0550. The van der Waals surface area contributed by atoms with E-state index < -0.39 is 5.97 Å². The minimum atomic E-state index is -0.955. The summed E-state index contributed by atoms with van der Waals surface area (Å²) in [5.74, 6) is -0.375. The highest BCUT2D eigenvalue weighted by Crippen LogP contribution is 2.41. The van der Waals surface area contributed by atoms with Crippen molar-refractivity contribution in [1.29, 1.82) is 0 Å². The van der Waals surface area contributed by atoms with E-state index in [0.717, 1.165) is 0 Å². The number of carbonyl (C=O) groups is 1. The summed E-state index contributed by atoms with van der Waals surface area (Å²) in [5.41, 5.74) is 0.485. The third-order valence-electron chi connectivity index (χ3n) is 1.87. The van der Waals surface area contributed by atoms with Gasteiger partial charge in [0.1, 0.15) is 0 Å². The van der Waals surface area contributed by atoms with Gasteiger partial charge in [-0.05, 0) is 17.7 Å². The molecule has 0 saturated carbocycles. The summed E-state index contributed by atoms with van der Waals surface area (Å²) in [7, 11) is 0. The number of hydrogen-bond acceptors (Lipinski definition) is 4. The fourth-order valence-electron chi connectivity index (χ4n) is 1.32. The fraction of sp³-hybridized carbons (Fsp3) is 0.222. The maximum absolute atomic E-state index is 10.4. The van der Waals surface area contributed by atoms with Crippen LogP contribution in [-0.4, -0.2) is 23.0 Å². The highest BCUT2D eigenvalue weighted by atomic mass is 16.7. The van der Waals surface area contributed by atoms with Gasteiger partial charge in [0.2, 0.25) is 12.5 Å². The minimum Gasteiger partial charge on any atom is -0.504 e. The van der Waals surface area contributed by atoms with Crippen molar-refractivity contribution in [1.82, 2.24) is 0 Å². The molecule has 5 heteroatoms. The molecule has 1 aromatic rings. The number of phenolic OH excluding ortho intramolecular Hbond substituents is 1. The van der Waals surface area contributed by atoms with Crippen molar-refractivity contribution in [3.05, 3.63) is 17.7 Å². The van der Waals surface area contributed by atoms with E-state index in [9.17, 15) is 9.90 Å². The Morgan fingerprint density at radius 3 is 2.93 bits per heavy atom. The summed E-state index contributed by atoms with van der Waals surface area (Å²) >= 11 is 0. The highest BCUT2D eigenvalue weighted by Gasteiger charge is 2.19. The van der Waals surface area contributed by atoms with Gasteiger partial charge < -0.3 is 19.7 Å². The van der Waals surface area contributed by atoms with Gasteiger partial charge in [-0.1, -0.05) is 0 Å². The first-order valence-electron chi connectivity index (χ1n) is 4.00. The molecule has 0 saturated heterocycles. The van der Waals surface area contributed by atoms with Gasteiger partial charge in [-0.25, -0.2) is 0 Å². The smallest absolute Gasteiger partial charge is 0.307 e. The number of rotatable bonds is 2. The predicted molar refractivity (Wildman–Crippen MR) is 45.6 cm³/mol. The molecule has 0 atom stereocenters. The lowest BCUT2D eigenvalue weighted by Gasteiger charge is -2.02. The van der Waals surface area contributed by atoms with Crippen molar-refractivity contribution in [2.45, 2.75) is 6.42 Å². The second kappa shape index (κ2) is 3.10. The summed E-state index contributed by atoms with van der Waals surface area (Å²) in [6, 6.07) is 2.91. The fourth-order valence-corrected chi connectivity index (χ4v) is 1.32. The van der Waals surface area contributed by atoms with Crippen LogP contribution in [0, 0.1) is 0 Å². The second-order valence-electron chi connectivity index (χ2n) is 2.92. The molecule has 0 amide bonds. The van der Waals surface area contributed by atoms with Gasteiger partial charge in [-0.3, -0.25) is 4.79 Å². The van der Waals surface area contributed by atoms with E-state index >= 15 is 0 Å². The lowest BCUT2D eigenvalue weighted by atomic mass is 10.1. The molecule has 2 N–H and O–H groups in total. The number of ether oxygens (including phenoxy) is 2. The molecule has 1 heterocycles. The maximum Gasteiger partial charge on any atom is 0.307 e. The average Bonchev–Trinajstić information content (AvgIpc) is 2.50. The Bertz CT molecular complexity index is 385. The Morgan fingerprint density at radius 1 is 1.43 bits per heavy atom. The third-order valence-corrected chi connectivity index (χ3v) is 1.87. The number of carboxylic acid groups (broad SMARTS) is 1. The van der Waals surface area contributed by atoms with Crippen molar-refractivity contribution >= 4 is 5.97 Å². The van der Waals surface area contributed by atoms with Gasteiger partial charge in [-0.2, -0.15) is 0 Å². The monoisotopic (exact) mass is 196 g/mol. The molecule has 0 aromatic heterocycles. The van der Waals surface area contributed by atoms with E-state index in [-0.39, 0.29) is 24.7 Å². The van der Waals surface area contributed by atoms with Gasteiger partial charge in [0.05, 0.1) is 6.42 Å². The average molecular weight is 196 g/mol. The van der Waals surface area contributed by atoms with Crippen molar-refractivity contribution < 1.29 is 24.5 Å². The molecular weight excluding hydrogens is 188 g/mol. The van der Waals surface area contributed by atoms with Gasteiger partial charge in [-0.15, -0.1) is 0 Å². The zero-order chi connectivity index (χ0) is 10.1. The van der Waals surface area contributed by atoms with Crippen LogP contribution in [0.15, 0.2) is 12.1 Å². The molecule has 5 nitrogen and oxygen atoms in total. The van der Waals surface area contributed by atoms with Gasteiger partial charge in [0.15, 0.2) is 11.5 Å². The second-order valence-corrected chi connectivity index (χ2v) is 2.92. The molecule has 1 aromatic carbocycles. The van der Waals surface area contributed by atoms with Crippen LogP contribution in [0.3, 0.4) is 0 Å². The number of carboxylic acids is 1. The summed E-state index contributed by atoms with van der Waals surface area (Å²) in [6.07, 6.45) is -0.149. The van der Waals surface area contributed by atoms with Gasteiger partial charge in [0.25, 0.3) is 0 Å². The number of aliphatic carboxylic acids is 1. The van der Waals surface area contributed by atoms with Crippen LogP contribution < -0.4 is 9.47 Å². The molecule has 14 heavy (non-hydrogen) atoms. The van der Waals surface area contributed by atoms with E-state index in [4.69, 9.17) is 14.6 Å². The van der Waals surface area contributed by atoms with Gasteiger partial charge in [0, 0.05) is 0 Å². The maximum atomic E-state index is 10.4. The quantitative estimate of drug-likeness (QED) is 0.729. The molecule has 0 bridgehead atoms. The zero-order valence-corrected chi connectivity index (χ0v) is 7.19. The molecule has 1 aliphatic heterocycles. The molecular formula is C9H8O5. The summed E-state index contributed by atoms with van der Waals surface area (Å²) in [6.45, 7) is 0.0550. The molecule has 0 radical (unpaired) electrons. The Balaban J connectivity index is 2.36. The van der Waals surface area contributed by atoms with Crippen LogP contribution in [0.4, 0.5) is 0 Å². The summed E-state index contributed by atoms with van der Waals surface area (Å²) in [4.78, 5) is 10.4. The predicted octanol–water partition coefficient (Wildman–Crippen LogP) is 0.748. The van der Waals surface area contributed by atoms with Crippen LogP contribution in [0.25, 0.3) is 0 Å². The van der Waals surface area contributed by atoms with Crippen LogP contribution in [0.5, 0.6) is 17.2 Å². The van der Waals surface area contributed by atoms with Crippen LogP contribution in [-0.2, 0) is 11.2 Å². The van der Waals surface area contributed by atoms with Crippen LogP contribution in [0.1, 0.15) is 5.56 Å². The van der Waals surface area contributed by atoms with Gasteiger partial charge >= 0.3 is 5.97 Å². The number of aromatic hydroxyl groups is 1. The Hall–Kier alpha value is -1.91. The van der Waals surface area contributed by atoms with Crippen molar-refractivity contribution in [3.8, 4) is 17.2 Å². The number of hydrogen-bond donors (Lipinski definition) is 2. The van der Waals surface area contributed by atoms with E-state index in [2.05, 4.69) is 0 Å². The zero-order valence-electron chi connectivity index (χ0n) is 7.19. The van der Waals surface area contributed by atoms with E-state index in [1.54, 1.807) is 6.07 Å². The lowest BCUT2D eigenvalue weighted by Crippen LogP contribution is -1.99. The number of benzene rings is 1. The van der Waals surface area contributed by atoms with Crippen molar-refractivity contribution in [2.75, 3.05) is 6.79 Å². The lowest BCUT2D eigenvalue weighted by molar-refractivity contribution is -0.136. The van der Waals surface area contributed by atoms with Crippen LogP contribution >= 0.6 is 0 Å². The summed E-state index contributed by atoms with van der Waals surface area (Å²) in [5, 5.41) is 18.0. The van der Waals surface area contributed by atoms with Crippen molar-refractivity contribution in [3.63, 3.8) is 0 Å². The molecule has 0 fully saturated rings. The normalized spacial score (nSPS) is 12.9.